The Labute approximate surface area is 109 Å². The van der Waals surface area contributed by atoms with E-state index in [-0.39, 0.29) is 11.8 Å². The molecule has 1 unspecified atom stereocenters. The number of nitrogens with zero attached hydrogens (tertiary/aromatic N) is 1. The summed E-state index contributed by atoms with van der Waals surface area (Å²) in [7, 11) is 3.57. The molecular formula is C15H22N2O. The fourth-order valence-electron chi connectivity index (χ4n) is 2.31. The first kappa shape index (κ1) is 13.1. The topological polar surface area (TPSA) is 46.3 Å². The highest BCUT2D eigenvalue weighted by Gasteiger charge is 2.24. The molecule has 2 rings (SSSR count). The van der Waals surface area contributed by atoms with Crippen molar-refractivity contribution in [1.82, 2.24) is 4.90 Å². The molecule has 1 aromatic rings. The summed E-state index contributed by atoms with van der Waals surface area (Å²) in [5, 5.41) is 0. The number of benzene rings is 1. The van der Waals surface area contributed by atoms with Gasteiger partial charge in [-0.2, -0.15) is 0 Å². The summed E-state index contributed by atoms with van der Waals surface area (Å²) >= 11 is 0. The van der Waals surface area contributed by atoms with Crippen LogP contribution in [0, 0.1) is 5.92 Å². The molecule has 1 amide bonds. The van der Waals surface area contributed by atoms with Crippen LogP contribution in [-0.4, -0.2) is 31.4 Å². The number of hydrogen-bond acceptors (Lipinski definition) is 2. The molecule has 0 bridgehead atoms. The van der Waals surface area contributed by atoms with Crippen LogP contribution in [0.4, 0.5) is 0 Å². The van der Waals surface area contributed by atoms with Crippen LogP contribution in [0.5, 0.6) is 0 Å². The summed E-state index contributed by atoms with van der Waals surface area (Å²) in [5.74, 6) is 0.773. The second-order valence-electron chi connectivity index (χ2n) is 5.39. The number of nitrogens with two attached hydrogens (primary N) is 1. The van der Waals surface area contributed by atoms with E-state index >= 15 is 0 Å². The average Bonchev–Trinajstić information content (AvgIpc) is 3.19. The molecule has 1 aromatic carbocycles. The second kappa shape index (κ2) is 5.53. The van der Waals surface area contributed by atoms with Gasteiger partial charge in [0, 0.05) is 20.6 Å². The Hall–Kier alpha value is -1.35. The minimum Gasteiger partial charge on any atom is -0.349 e. The number of carbonyl (C=O) groups excluding carboxylic acids is 1. The Bertz CT molecular complexity index is 424. The summed E-state index contributed by atoms with van der Waals surface area (Å²) in [6.07, 6.45) is 3.36. The molecule has 1 fully saturated rings. The maximum absolute atomic E-state index is 12.0. The van der Waals surface area contributed by atoms with Crippen molar-refractivity contribution in [3.63, 3.8) is 0 Å². The molecule has 1 aliphatic carbocycles. The maximum atomic E-state index is 12.0. The van der Waals surface area contributed by atoms with Gasteiger partial charge in [-0.25, -0.2) is 0 Å². The molecule has 1 atom stereocenters. The summed E-state index contributed by atoms with van der Waals surface area (Å²) in [4.78, 5) is 13.6. The Morgan fingerprint density at radius 2 is 2.17 bits per heavy atom. The zero-order valence-corrected chi connectivity index (χ0v) is 11.2. The third kappa shape index (κ3) is 3.10. The van der Waals surface area contributed by atoms with Gasteiger partial charge in [-0.1, -0.05) is 24.3 Å². The molecule has 3 heteroatoms. The van der Waals surface area contributed by atoms with Crippen LogP contribution < -0.4 is 5.73 Å². The van der Waals surface area contributed by atoms with E-state index in [9.17, 15) is 4.79 Å². The van der Waals surface area contributed by atoms with Crippen molar-refractivity contribution in [2.45, 2.75) is 25.2 Å². The van der Waals surface area contributed by atoms with Crippen LogP contribution >= 0.6 is 0 Å². The zero-order valence-electron chi connectivity index (χ0n) is 11.2. The largest absolute Gasteiger partial charge is 0.349 e. The minimum atomic E-state index is -0.102. The van der Waals surface area contributed by atoms with Gasteiger partial charge in [-0.05, 0) is 36.3 Å². The monoisotopic (exact) mass is 246 g/mol. The van der Waals surface area contributed by atoms with E-state index in [1.807, 2.05) is 0 Å². The fourth-order valence-corrected chi connectivity index (χ4v) is 2.31. The number of amides is 1. The molecule has 0 aliphatic heterocycles. The molecule has 1 saturated carbocycles. The molecule has 0 spiro atoms. The number of carbonyl (C=O) groups is 1. The van der Waals surface area contributed by atoms with Gasteiger partial charge in [0.2, 0.25) is 5.91 Å². The van der Waals surface area contributed by atoms with Gasteiger partial charge in [0.05, 0.1) is 5.92 Å². The lowest BCUT2D eigenvalue weighted by molar-refractivity contribution is -0.132. The third-order valence-corrected chi connectivity index (χ3v) is 3.56. The predicted octanol–water partition coefficient (Wildman–Crippen LogP) is 1.77. The van der Waals surface area contributed by atoms with Crippen molar-refractivity contribution in [2.75, 3.05) is 20.6 Å². The summed E-state index contributed by atoms with van der Waals surface area (Å²) in [6, 6.07) is 8.61. The molecular weight excluding hydrogens is 224 g/mol. The van der Waals surface area contributed by atoms with Crippen LogP contribution in [-0.2, 0) is 11.2 Å². The lowest BCUT2D eigenvalue weighted by Gasteiger charge is -2.19. The standard InChI is InChI=1S/C15H22N2O/c1-17(2)15(18)14(10-16)9-11-4-3-5-13(8-11)12-6-7-12/h3-5,8,12,14H,6-7,9-10,16H2,1-2H3. The van der Waals surface area contributed by atoms with E-state index in [1.54, 1.807) is 19.0 Å². The van der Waals surface area contributed by atoms with Gasteiger partial charge in [-0.15, -0.1) is 0 Å². The quantitative estimate of drug-likeness (QED) is 0.860. The first-order valence-electron chi connectivity index (χ1n) is 6.62. The maximum Gasteiger partial charge on any atom is 0.226 e. The van der Waals surface area contributed by atoms with Crippen LogP contribution in [0.25, 0.3) is 0 Å². The average molecular weight is 246 g/mol. The van der Waals surface area contributed by atoms with Gasteiger partial charge in [0.25, 0.3) is 0 Å². The molecule has 18 heavy (non-hydrogen) atoms. The third-order valence-electron chi connectivity index (χ3n) is 3.56. The number of rotatable bonds is 5. The van der Waals surface area contributed by atoms with Gasteiger partial charge < -0.3 is 10.6 Å². The van der Waals surface area contributed by atoms with Crippen molar-refractivity contribution in [3.05, 3.63) is 35.4 Å². The summed E-state index contributed by atoms with van der Waals surface area (Å²) in [5.41, 5.74) is 8.37. The second-order valence-corrected chi connectivity index (χ2v) is 5.39. The van der Waals surface area contributed by atoms with Gasteiger partial charge in [0.15, 0.2) is 0 Å². The molecule has 98 valence electrons. The first-order valence-corrected chi connectivity index (χ1v) is 6.62. The van der Waals surface area contributed by atoms with E-state index in [2.05, 4.69) is 24.3 Å². The summed E-state index contributed by atoms with van der Waals surface area (Å²) in [6.45, 7) is 0.407. The van der Waals surface area contributed by atoms with E-state index < -0.39 is 0 Å². The molecule has 0 aromatic heterocycles. The number of hydrogen-bond donors (Lipinski definition) is 1. The first-order chi connectivity index (χ1) is 8.61. The van der Waals surface area contributed by atoms with Crippen molar-refractivity contribution in [3.8, 4) is 0 Å². The minimum absolute atomic E-state index is 0.102. The predicted molar refractivity (Wildman–Crippen MR) is 73.4 cm³/mol. The van der Waals surface area contributed by atoms with Gasteiger partial charge >= 0.3 is 0 Å². The van der Waals surface area contributed by atoms with Crippen molar-refractivity contribution in [1.29, 1.82) is 0 Å². The zero-order chi connectivity index (χ0) is 13.1. The van der Waals surface area contributed by atoms with E-state index in [4.69, 9.17) is 5.73 Å². The smallest absolute Gasteiger partial charge is 0.226 e. The molecule has 0 saturated heterocycles. The van der Waals surface area contributed by atoms with Crippen LogP contribution in [0.1, 0.15) is 29.9 Å². The Morgan fingerprint density at radius 3 is 2.72 bits per heavy atom. The lowest BCUT2D eigenvalue weighted by Crippen LogP contribution is -2.35. The van der Waals surface area contributed by atoms with E-state index in [0.717, 1.165) is 12.3 Å². The van der Waals surface area contributed by atoms with Crippen molar-refractivity contribution < 1.29 is 4.79 Å². The highest BCUT2D eigenvalue weighted by atomic mass is 16.2. The molecule has 2 N–H and O–H groups in total. The van der Waals surface area contributed by atoms with E-state index in [0.29, 0.717) is 6.54 Å². The fraction of sp³-hybridized carbons (Fsp3) is 0.533. The Morgan fingerprint density at radius 1 is 1.44 bits per heavy atom. The van der Waals surface area contributed by atoms with Gasteiger partial charge in [0.1, 0.15) is 0 Å². The van der Waals surface area contributed by atoms with Crippen molar-refractivity contribution in [2.24, 2.45) is 11.7 Å². The molecule has 0 radical (unpaired) electrons. The van der Waals surface area contributed by atoms with Crippen molar-refractivity contribution >= 4 is 5.91 Å². The Balaban J connectivity index is 2.06. The van der Waals surface area contributed by atoms with Crippen LogP contribution in [0.2, 0.25) is 0 Å². The molecule has 0 heterocycles. The highest BCUT2D eigenvalue weighted by molar-refractivity contribution is 5.78. The van der Waals surface area contributed by atoms with Crippen LogP contribution in [0.15, 0.2) is 24.3 Å². The van der Waals surface area contributed by atoms with Gasteiger partial charge in [-0.3, -0.25) is 4.79 Å². The summed E-state index contributed by atoms with van der Waals surface area (Å²) < 4.78 is 0. The molecule has 3 nitrogen and oxygen atoms in total. The molecule has 1 aliphatic rings. The van der Waals surface area contributed by atoms with Crippen LogP contribution in [0.3, 0.4) is 0 Å². The lowest BCUT2D eigenvalue weighted by atomic mass is 9.96. The Kier molecular flexibility index (Phi) is 4.02. The van der Waals surface area contributed by atoms with E-state index in [1.165, 1.54) is 24.0 Å². The normalized spacial score (nSPS) is 16.4. The SMILES string of the molecule is CN(C)C(=O)C(CN)Cc1cccc(C2CC2)c1. The highest BCUT2D eigenvalue weighted by Crippen LogP contribution is 2.40.